The van der Waals surface area contributed by atoms with Crippen molar-refractivity contribution in [1.82, 2.24) is 5.01 Å². The number of fused-ring (bicyclic) bond motifs is 4. The second-order valence-corrected chi connectivity index (χ2v) is 14.1. The molecule has 50 heavy (non-hydrogen) atoms. The van der Waals surface area contributed by atoms with Crippen molar-refractivity contribution >= 4 is 46.6 Å². The average molecular weight is 690 g/mol. The zero-order chi connectivity index (χ0) is 35.1. The number of carbonyl (C=O) groups is 4. The van der Waals surface area contributed by atoms with E-state index < -0.39 is 64.3 Å². The lowest BCUT2D eigenvalue weighted by Gasteiger charge is -2.50. The Bertz CT molecular complexity index is 2140. The molecule has 4 aromatic rings. The first-order valence-corrected chi connectivity index (χ1v) is 17.0. The molecule has 4 aromatic carbocycles. The number of nitrogens with zero attached hydrogens (tertiary/aromatic N) is 2. The Morgan fingerprint density at radius 1 is 0.860 bits per heavy atom. The number of aromatic hydroxyl groups is 1. The van der Waals surface area contributed by atoms with Gasteiger partial charge in [-0.25, -0.2) is 9.29 Å². The second-order valence-electron chi connectivity index (χ2n) is 13.7. The van der Waals surface area contributed by atoms with Gasteiger partial charge in [-0.3, -0.25) is 24.6 Å². The van der Waals surface area contributed by atoms with Gasteiger partial charge in [0.25, 0.3) is 11.8 Å². The molecule has 1 saturated carbocycles. The van der Waals surface area contributed by atoms with Crippen LogP contribution in [0.15, 0.2) is 103 Å². The van der Waals surface area contributed by atoms with Crippen molar-refractivity contribution in [1.29, 1.82) is 0 Å². The highest BCUT2D eigenvalue weighted by atomic mass is 35.5. The van der Waals surface area contributed by atoms with Crippen LogP contribution in [-0.2, 0) is 24.6 Å². The van der Waals surface area contributed by atoms with E-state index in [4.69, 9.17) is 11.6 Å². The Labute approximate surface area is 293 Å². The van der Waals surface area contributed by atoms with Gasteiger partial charge in [0.2, 0.25) is 11.8 Å². The van der Waals surface area contributed by atoms with Crippen molar-refractivity contribution in [3.63, 3.8) is 0 Å². The van der Waals surface area contributed by atoms with Gasteiger partial charge in [-0.05, 0) is 74.1 Å². The quantitative estimate of drug-likeness (QED) is 0.173. The number of halogens is 2. The Balaban J connectivity index is 1.32. The third-order valence-corrected chi connectivity index (χ3v) is 11.5. The molecule has 0 bridgehead atoms. The van der Waals surface area contributed by atoms with E-state index in [0.717, 1.165) is 22.2 Å². The van der Waals surface area contributed by atoms with Crippen LogP contribution < -0.4 is 10.3 Å². The van der Waals surface area contributed by atoms with Gasteiger partial charge in [0.05, 0.1) is 34.5 Å². The minimum atomic E-state index is -1.62. The van der Waals surface area contributed by atoms with E-state index in [1.807, 2.05) is 32.1 Å². The first kappa shape index (κ1) is 32.0. The molecular formula is C40H33ClFN3O5. The number of allylic oxidation sites excluding steroid dienone is 2. The number of hydrogen-bond acceptors (Lipinski definition) is 6. The number of hydrogen-bond donors (Lipinski definition) is 2. The molecule has 252 valence electrons. The van der Waals surface area contributed by atoms with E-state index in [1.54, 1.807) is 66.7 Å². The van der Waals surface area contributed by atoms with E-state index in [0.29, 0.717) is 27.5 Å². The SMILES string of the molecule is Cc1ccc(NN2C(=O)[C@@H]3C[C@@H]4C(=CC[C@@H]5C(=O)N(c6ccc(C)c(Cl)c6)C(=O)[C@@H]54)[C@H](c4cccc(F)c4O)[C@]3(c3ccccc3)C2=O)cc1. The number of aryl methyl sites for hydroxylation is 2. The highest BCUT2D eigenvalue weighted by Gasteiger charge is 2.70. The zero-order valence-corrected chi connectivity index (χ0v) is 28.0. The molecular weight excluding hydrogens is 657 g/mol. The summed E-state index contributed by atoms with van der Waals surface area (Å²) in [7, 11) is 0. The summed E-state index contributed by atoms with van der Waals surface area (Å²) < 4.78 is 15.3. The fraction of sp³-hybridized carbons (Fsp3) is 0.250. The fourth-order valence-corrected chi connectivity index (χ4v) is 9.01. The largest absolute Gasteiger partial charge is 0.505 e. The van der Waals surface area contributed by atoms with Crippen LogP contribution in [0.1, 0.15) is 41.0 Å². The molecule has 10 heteroatoms. The molecule has 4 aliphatic rings. The van der Waals surface area contributed by atoms with Crippen molar-refractivity contribution in [2.75, 3.05) is 10.3 Å². The molecule has 0 spiro atoms. The van der Waals surface area contributed by atoms with Crippen molar-refractivity contribution < 1.29 is 28.7 Å². The summed E-state index contributed by atoms with van der Waals surface area (Å²) in [5, 5.41) is 12.8. The summed E-state index contributed by atoms with van der Waals surface area (Å²) in [4.78, 5) is 59.4. The maximum Gasteiger partial charge on any atom is 0.260 e. The van der Waals surface area contributed by atoms with Gasteiger partial charge in [-0.1, -0.05) is 89.5 Å². The van der Waals surface area contributed by atoms with Crippen molar-refractivity contribution in [3.8, 4) is 5.75 Å². The van der Waals surface area contributed by atoms with Gasteiger partial charge in [0, 0.05) is 16.5 Å². The van der Waals surface area contributed by atoms with Crippen LogP contribution >= 0.6 is 11.6 Å². The van der Waals surface area contributed by atoms with Gasteiger partial charge < -0.3 is 5.11 Å². The molecule has 0 aromatic heterocycles. The standard InChI is InChI=1S/C40H33ClFN3O5/c1-21-11-14-24(15-12-21)43-45-37(48)30-20-29-26(17-18-27-33(29)38(49)44(36(27)47)25-16-13-22(2)31(41)19-25)34(28-9-6-10-32(42)35(28)46)40(30,39(45)50)23-7-4-3-5-8-23/h3-17,19,27,29-30,33-34,43,46H,18,20H2,1-2H3/t27-,29+,30-,33-,34+,40+/m0/s1. The van der Waals surface area contributed by atoms with Crippen LogP contribution in [0.5, 0.6) is 5.75 Å². The van der Waals surface area contributed by atoms with Crippen LogP contribution in [0, 0.1) is 43.3 Å². The summed E-state index contributed by atoms with van der Waals surface area (Å²) >= 11 is 6.42. The molecule has 2 aliphatic heterocycles. The molecule has 0 unspecified atom stereocenters. The zero-order valence-electron chi connectivity index (χ0n) is 27.3. The van der Waals surface area contributed by atoms with Gasteiger partial charge >= 0.3 is 0 Å². The summed E-state index contributed by atoms with van der Waals surface area (Å²) in [6.45, 7) is 3.76. The molecule has 8 nitrogen and oxygen atoms in total. The number of benzene rings is 4. The number of carbonyl (C=O) groups excluding carboxylic acids is 4. The number of imide groups is 2. The molecule has 6 atom stereocenters. The highest BCUT2D eigenvalue weighted by Crippen LogP contribution is 2.65. The van der Waals surface area contributed by atoms with Crippen LogP contribution in [0.25, 0.3) is 0 Å². The second kappa shape index (κ2) is 11.7. The van der Waals surface area contributed by atoms with Crippen molar-refractivity contribution in [2.24, 2.45) is 23.7 Å². The van der Waals surface area contributed by atoms with E-state index >= 15 is 9.18 Å². The van der Waals surface area contributed by atoms with E-state index in [9.17, 15) is 19.5 Å². The topological polar surface area (TPSA) is 107 Å². The summed E-state index contributed by atoms with van der Waals surface area (Å²) in [5.74, 6) is -7.67. The van der Waals surface area contributed by atoms with Gasteiger partial charge in [0.15, 0.2) is 11.6 Å². The number of rotatable bonds is 5. The lowest BCUT2D eigenvalue weighted by molar-refractivity contribution is -0.138. The number of anilines is 2. The van der Waals surface area contributed by atoms with Crippen molar-refractivity contribution in [2.45, 2.75) is 38.0 Å². The Morgan fingerprint density at radius 3 is 2.32 bits per heavy atom. The number of nitrogens with one attached hydrogen (secondary N) is 1. The third-order valence-electron chi connectivity index (χ3n) is 11.1. The summed E-state index contributed by atoms with van der Waals surface area (Å²) in [5.41, 5.74) is 5.36. The Morgan fingerprint density at radius 2 is 1.60 bits per heavy atom. The maximum absolute atomic E-state index is 15.3. The number of hydrazine groups is 1. The van der Waals surface area contributed by atoms with Crippen LogP contribution in [0.2, 0.25) is 5.02 Å². The minimum Gasteiger partial charge on any atom is -0.505 e. The molecule has 4 amide bonds. The Kier molecular flexibility index (Phi) is 7.45. The van der Waals surface area contributed by atoms with E-state index in [-0.39, 0.29) is 24.3 Å². The van der Waals surface area contributed by atoms with Crippen LogP contribution in [0.4, 0.5) is 15.8 Å². The first-order chi connectivity index (χ1) is 24.0. The number of para-hydroxylation sites is 1. The Hall–Kier alpha value is -5.28. The van der Waals surface area contributed by atoms with Gasteiger partial charge in [-0.2, -0.15) is 5.01 Å². The fourth-order valence-electron chi connectivity index (χ4n) is 8.83. The highest BCUT2D eigenvalue weighted by molar-refractivity contribution is 6.32. The van der Waals surface area contributed by atoms with Gasteiger partial charge in [0.1, 0.15) is 0 Å². The summed E-state index contributed by atoms with van der Waals surface area (Å²) in [6, 6.07) is 25.4. The number of amides is 4. The monoisotopic (exact) mass is 689 g/mol. The molecule has 3 fully saturated rings. The molecule has 8 rings (SSSR count). The smallest absolute Gasteiger partial charge is 0.260 e. The molecule has 2 saturated heterocycles. The number of phenolic OH excluding ortho intramolecular Hbond substituents is 1. The van der Waals surface area contributed by atoms with E-state index in [1.165, 1.54) is 11.0 Å². The predicted octanol–water partition coefficient (Wildman–Crippen LogP) is 6.99. The predicted molar refractivity (Wildman–Crippen MR) is 186 cm³/mol. The van der Waals surface area contributed by atoms with Crippen molar-refractivity contribution in [3.05, 3.63) is 136 Å². The minimum absolute atomic E-state index is 0.0760. The first-order valence-electron chi connectivity index (χ1n) is 16.6. The third kappa shape index (κ3) is 4.49. The lowest BCUT2D eigenvalue weighted by atomic mass is 9.49. The molecule has 2 N–H and O–H groups in total. The molecule has 0 radical (unpaired) electrons. The normalized spacial score (nSPS) is 27.2. The molecule has 2 heterocycles. The van der Waals surface area contributed by atoms with E-state index in [2.05, 4.69) is 5.43 Å². The van der Waals surface area contributed by atoms with Crippen LogP contribution in [0.3, 0.4) is 0 Å². The molecule has 2 aliphatic carbocycles. The maximum atomic E-state index is 15.3. The summed E-state index contributed by atoms with van der Waals surface area (Å²) in [6.07, 6.45) is 2.13. The van der Waals surface area contributed by atoms with Crippen LogP contribution in [-0.4, -0.2) is 33.7 Å². The average Bonchev–Trinajstić information content (AvgIpc) is 3.49. The number of phenols is 1. The lowest BCUT2D eigenvalue weighted by Crippen LogP contribution is -2.53. The van der Waals surface area contributed by atoms with Gasteiger partial charge in [-0.15, -0.1) is 0 Å².